The second-order valence-electron chi connectivity index (χ2n) is 4.37. The molecule has 1 aromatic rings. The zero-order valence-corrected chi connectivity index (χ0v) is 11.6. The minimum atomic E-state index is -0.507. The largest absolute Gasteiger partial charge is 0.391 e. The van der Waals surface area contributed by atoms with E-state index >= 15 is 0 Å². The van der Waals surface area contributed by atoms with Gasteiger partial charge in [-0.1, -0.05) is 35.7 Å². The van der Waals surface area contributed by atoms with Crippen molar-refractivity contribution in [1.82, 2.24) is 0 Å². The van der Waals surface area contributed by atoms with E-state index < -0.39 is 12.1 Å². The van der Waals surface area contributed by atoms with Crippen LogP contribution >= 0.6 is 35.6 Å². The van der Waals surface area contributed by atoms with Crippen molar-refractivity contribution < 1.29 is 5.11 Å². The maximum atomic E-state index is 10.1. The number of hydrogen-bond donors (Lipinski definition) is 2. The monoisotopic (exact) mass is 295 g/mol. The zero-order valence-electron chi connectivity index (χ0n) is 9.27. The summed E-state index contributed by atoms with van der Waals surface area (Å²) >= 11 is 11.9. The summed E-state index contributed by atoms with van der Waals surface area (Å²) < 4.78 is 0. The Morgan fingerprint density at radius 1 is 1.29 bits per heavy atom. The van der Waals surface area contributed by atoms with E-state index in [1.165, 1.54) is 6.42 Å². The van der Waals surface area contributed by atoms with E-state index in [1.54, 1.807) is 18.2 Å². The molecule has 0 aromatic heterocycles. The predicted molar refractivity (Wildman–Crippen MR) is 74.0 cm³/mol. The van der Waals surface area contributed by atoms with Crippen LogP contribution in [0.15, 0.2) is 18.2 Å². The molecule has 0 aliphatic heterocycles. The third-order valence-corrected chi connectivity index (χ3v) is 3.88. The predicted octanol–water partition coefficient (Wildman–Crippen LogP) is 3.58. The van der Waals surface area contributed by atoms with Crippen molar-refractivity contribution in [1.29, 1.82) is 0 Å². The summed E-state index contributed by atoms with van der Waals surface area (Å²) in [6.45, 7) is 0. The van der Waals surface area contributed by atoms with E-state index in [4.69, 9.17) is 28.9 Å². The molecule has 1 aliphatic carbocycles. The lowest BCUT2D eigenvalue weighted by Crippen LogP contribution is -2.36. The van der Waals surface area contributed by atoms with E-state index in [0.717, 1.165) is 18.4 Å². The summed E-state index contributed by atoms with van der Waals surface area (Å²) in [7, 11) is 0. The number of halogens is 3. The van der Waals surface area contributed by atoms with Gasteiger partial charge in [-0.05, 0) is 36.5 Å². The molecule has 2 rings (SSSR count). The molecule has 0 amide bonds. The Kier molecular flexibility index (Phi) is 5.55. The van der Waals surface area contributed by atoms with Crippen molar-refractivity contribution in [3.8, 4) is 0 Å². The van der Waals surface area contributed by atoms with Crippen molar-refractivity contribution >= 4 is 35.6 Å². The molecule has 17 heavy (non-hydrogen) atoms. The summed E-state index contributed by atoms with van der Waals surface area (Å²) in [6.07, 6.45) is 2.79. The van der Waals surface area contributed by atoms with Crippen molar-refractivity contribution in [3.05, 3.63) is 33.8 Å². The Hall–Kier alpha value is 0.01000. The first-order valence-electron chi connectivity index (χ1n) is 5.48. The van der Waals surface area contributed by atoms with Gasteiger partial charge in [-0.3, -0.25) is 0 Å². The van der Waals surface area contributed by atoms with Crippen LogP contribution in [0, 0.1) is 5.92 Å². The number of aliphatic hydroxyl groups is 1. The van der Waals surface area contributed by atoms with Gasteiger partial charge >= 0.3 is 0 Å². The molecular formula is C12H16Cl3NO. The molecule has 0 heterocycles. The maximum absolute atomic E-state index is 10.1. The fourth-order valence-electron chi connectivity index (χ4n) is 2.03. The smallest absolute Gasteiger partial charge is 0.0761 e. The molecule has 1 aliphatic rings. The van der Waals surface area contributed by atoms with E-state index in [-0.39, 0.29) is 12.4 Å². The van der Waals surface area contributed by atoms with Crippen molar-refractivity contribution in [3.63, 3.8) is 0 Å². The molecule has 96 valence electrons. The lowest BCUT2D eigenvalue weighted by atomic mass is 9.77. The average molecular weight is 297 g/mol. The third-order valence-electron chi connectivity index (χ3n) is 3.32. The maximum Gasteiger partial charge on any atom is 0.0761 e. The van der Waals surface area contributed by atoms with Crippen molar-refractivity contribution in [2.75, 3.05) is 0 Å². The van der Waals surface area contributed by atoms with Crippen LogP contribution in [0.2, 0.25) is 10.0 Å². The molecular weight excluding hydrogens is 280 g/mol. The van der Waals surface area contributed by atoms with Gasteiger partial charge in [0.05, 0.1) is 12.1 Å². The fourth-order valence-corrected chi connectivity index (χ4v) is 2.56. The third kappa shape index (κ3) is 3.27. The van der Waals surface area contributed by atoms with Crippen LogP contribution in [0.4, 0.5) is 0 Å². The summed E-state index contributed by atoms with van der Waals surface area (Å²) in [5.74, 6) is 0.321. The summed E-state index contributed by atoms with van der Waals surface area (Å²) in [5, 5.41) is 11.2. The second-order valence-corrected chi connectivity index (χ2v) is 5.22. The van der Waals surface area contributed by atoms with Crippen LogP contribution in [0.3, 0.4) is 0 Å². The van der Waals surface area contributed by atoms with Gasteiger partial charge in [-0.15, -0.1) is 12.4 Å². The highest BCUT2D eigenvalue weighted by Gasteiger charge is 2.31. The number of aliphatic hydroxyl groups excluding tert-OH is 1. The average Bonchev–Trinajstić information content (AvgIpc) is 2.14. The lowest BCUT2D eigenvalue weighted by Gasteiger charge is -2.34. The summed E-state index contributed by atoms with van der Waals surface area (Å²) in [6, 6.07) is 4.77. The lowest BCUT2D eigenvalue weighted by molar-refractivity contribution is 0.0414. The molecule has 5 heteroatoms. The van der Waals surface area contributed by atoms with Gasteiger partial charge in [0.15, 0.2) is 0 Å². The molecule has 1 aromatic carbocycles. The standard InChI is InChI=1S/C12H15Cl2NO.ClH/c13-8-4-5-9(10(14)6-8)11(15)12(16)7-2-1-3-7;/h4-7,11-12,16H,1-3,15H2;1H/t11-,12+;/m0./s1. The fraction of sp³-hybridized carbons (Fsp3) is 0.500. The molecule has 1 fully saturated rings. The van der Waals surface area contributed by atoms with Crippen LogP contribution < -0.4 is 5.73 Å². The Balaban J connectivity index is 0.00000144. The van der Waals surface area contributed by atoms with Gasteiger partial charge in [0.25, 0.3) is 0 Å². The van der Waals surface area contributed by atoms with Gasteiger partial charge in [0.1, 0.15) is 0 Å². The van der Waals surface area contributed by atoms with E-state index in [9.17, 15) is 5.11 Å². The molecule has 3 N–H and O–H groups in total. The number of hydrogen-bond acceptors (Lipinski definition) is 2. The van der Waals surface area contributed by atoms with Gasteiger partial charge in [0, 0.05) is 10.0 Å². The zero-order chi connectivity index (χ0) is 11.7. The van der Waals surface area contributed by atoms with Crippen molar-refractivity contribution in [2.24, 2.45) is 11.7 Å². The Labute approximate surface area is 118 Å². The van der Waals surface area contributed by atoms with E-state index in [2.05, 4.69) is 0 Å². The SMILES string of the molecule is Cl.N[C@@H](c1ccc(Cl)cc1Cl)[C@H](O)C1CCC1. The highest BCUT2D eigenvalue weighted by atomic mass is 35.5. The first kappa shape index (κ1) is 15.1. The van der Waals surface area contributed by atoms with Gasteiger partial charge in [-0.25, -0.2) is 0 Å². The molecule has 1 saturated carbocycles. The van der Waals surface area contributed by atoms with E-state index in [0.29, 0.717) is 16.0 Å². The molecule has 0 spiro atoms. The molecule has 0 radical (unpaired) electrons. The van der Waals surface area contributed by atoms with Crippen LogP contribution in [0.25, 0.3) is 0 Å². The van der Waals surface area contributed by atoms with Crippen LogP contribution in [-0.4, -0.2) is 11.2 Å². The highest BCUT2D eigenvalue weighted by molar-refractivity contribution is 6.35. The first-order chi connectivity index (χ1) is 7.59. The topological polar surface area (TPSA) is 46.2 Å². The number of rotatable bonds is 3. The van der Waals surface area contributed by atoms with Crippen LogP contribution in [0.1, 0.15) is 30.9 Å². The quantitative estimate of drug-likeness (QED) is 0.895. The minimum Gasteiger partial charge on any atom is -0.391 e. The van der Waals surface area contributed by atoms with Crippen LogP contribution in [0.5, 0.6) is 0 Å². The Morgan fingerprint density at radius 2 is 1.94 bits per heavy atom. The Bertz CT molecular complexity index is 382. The number of benzene rings is 1. The van der Waals surface area contributed by atoms with Gasteiger partial charge in [-0.2, -0.15) is 0 Å². The normalized spacial score (nSPS) is 19.1. The van der Waals surface area contributed by atoms with Crippen molar-refractivity contribution in [2.45, 2.75) is 31.4 Å². The van der Waals surface area contributed by atoms with Crippen LogP contribution in [-0.2, 0) is 0 Å². The molecule has 0 unspecified atom stereocenters. The minimum absolute atomic E-state index is 0. The second kappa shape index (κ2) is 6.26. The number of nitrogens with two attached hydrogens (primary N) is 1. The summed E-state index contributed by atoms with van der Waals surface area (Å²) in [4.78, 5) is 0. The molecule has 0 bridgehead atoms. The highest BCUT2D eigenvalue weighted by Crippen LogP contribution is 2.36. The van der Waals surface area contributed by atoms with Gasteiger partial charge in [0.2, 0.25) is 0 Å². The Morgan fingerprint density at radius 3 is 2.41 bits per heavy atom. The van der Waals surface area contributed by atoms with Gasteiger partial charge < -0.3 is 10.8 Å². The molecule has 0 saturated heterocycles. The summed E-state index contributed by atoms with van der Waals surface area (Å²) in [5.41, 5.74) is 6.79. The van der Waals surface area contributed by atoms with E-state index in [1.807, 2.05) is 0 Å². The first-order valence-corrected chi connectivity index (χ1v) is 6.24. The molecule has 2 atom stereocenters. The molecule has 2 nitrogen and oxygen atoms in total.